The smallest absolute Gasteiger partial charge is 0.0350 e. The average molecular weight is 313 g/mol. The van der Waals surface area contributed by atoms with Crippen molar-refractivity contribution in [1.82, 2.24) is 4.90 Å². The van der Waals surface area contributed by atoms with Crippen molar-refractivity contribution in [3.05, 3.63) is 5.92 Å². The molecule has 1 heteroatoms. The predicted molar refractivity (Wildman–Crippen MR) is 93.8 cm³/mol. The Labute approximate surface area is 142 Å². The lowest BCUT2D eigenvalue weighted by atomic mass is 9.35. The molecule has 8 aliphatic carbocycles. The van der Waals surface area contributed by atoms with Crippen LogP contribution in [0.3, 0.4) is 0 Å². The van der Waals surface area contributed by atoms with Gasteiger partial charge in [0.25, 0.3) is 0 Å². The van der Waals surface area contributed by atoms with Gasteiger partial charge in [0.15, 0.2) is 0 Å². The Balaban J connectivity index is 1.49. The molecule has 8 rings (SSSR count). The monoisotopic (exact) mass is 312 g/mol. The Hall–Kier alpha value is -0.0400. The molecule has 8 bridgehead atoms. The Morgan fingerprint density at radius 3 is 1.61 bits per heavy atom. The maximum Gasteiger partial charge on any atom is 0.0350 e. The average Bonchev–Trinajstić information content (AvgIpc) is 2.44. The van der Waals surface area contributed by atoms with Crippen molar-refractivity contribution in [3.8, 4) is 0 Å². The number of nitrogens with zero attached hydrogens (tertiary/aromatic N) is 1. The number of hydrogen-bond donors (Lipinski definition) is 0. The Kier molecular flexibility index (Phi) is 2.69. The van der Waals surface area contributed by atoms with Gasteiger partial charge < -0.3 is 4.90 Å². The highest BCUT2D eigenvalue weighted by atomic mass is 15.2. The van der Waals surface area contributed by atoms with E-state index in [2.05, 4.69) is 19.0 Å². The molecule has 3 unspecified atom stereocenters. The molecule has 3 atom stereocenters. The van der Waals surface area contributed by atoms with E-state index in [1.807, 2.05) is 5.92 Å². The molecule has 0 aromatic rings. The molecule has 8 aliphatic rings. The van der Waals surface area contributed by atoms with E-state index in [-0.39, 0.29) is 0 Å². The highest BCUT2D eigenvalue weighted by Gasteiger charge is 2.69. The molecule has 127 valence electrons. The molecule has 0 spiro atoms. The second-order valence-electron chi connectivity index (χ2n) is 11.0. The topological polar surface area (TPSA) is 3.24 Å². The third-order valence-electron chi connectivity index (χ3n) is 9.65. The minimum absolute atomic E-state index is 0.510. The molecule has 0 aromatic heterocycles. The van der Waals surface area contributed by atoms with Crippen molar-refractivity contribution < 1.29 is 0 Å². The summed E-state index contributed by atoms with van der Waals surface area (Å²) in [4.78, 5) is 2.79. The summed E-state index contributed by atoms with van der Waals surface area (Å²) in [7, 11) is 4.93. The van der Waals surface area contributed by atoms with Gasteiger partial charge in [-0.25, -0.2) is 0 Å². The molecule has 0 amide bonds. The molecule has 0 aliphatic heterocycles. The second kappa shape index (κ2) is 4.37. The van der Waals surface area contributed by atoms with E-state index in [1.165, 1.54) is 12.8 Å². The van der Waals surface area contributed by atoms with Crippen LogP contribution >= 0.6 is 0 Å². The molecule has 8 fully saturated rings. The van der Waals surface area contributed by atoms with E-state index >= 15 is 0 Å². The first-order valence-electron chi connectivity index (χ1n) is 10.6. The standard InChI is InChI=1S/C22H34N/c1-23(2)22(19-7-14-3-15(9-19)10-20(22)8-14)21-11-16-4-17(12-21)6-18(5-16)13-21/h14-19H,3-13H2,1-2H3. The number of rotatable bonds is 2. The predicted octanol–water partition coefficient (Wildman–Crippen LogP) is 4.92. The summed E-state index contributed by atoms with van der Waals surface area (Å²) in [6.07, 6.45) is 17.3. The molecule has 1 nitrogen and oxygen atoms in total. The summed E-state index contributed by atoms with van der Waals surface area (Å²) in [6.45, 7) is 0. The normalized spacial score (nSPS) is 60.1. The summed E-state index contributed by atoms with van der Waals surface area (Å²) < 4.78 is 0. The fourth-order valence-electron chi connectivity index (χ4n) is 10.2. The van der Waals surface area contributed by atoms with Crippen molar-refractivity contribution >= 4 is 0 Å². The van der Waals surface area contributed by atoms with E-state index in [1.54, 1.807) is 57.8 Å². The summed E-state index contributed by atoms with van der Waals surface area (Å²) in [6, 6.07) is 0. The van der Waals surface area contributed by atoms with Crippen molar-refractivity contribution in [1.29, 1.82) is 0 Å². The van der Waals surface area contributed by atoms with Gasteiger partial charge in [-0.3, -0.25) is 0 Å². The molecule has 0 saturated heterocycles. The van der Waals surface area contributed by atoms with Crippen molar-refractivity contribution in [2.75, 3.05) is 14.1 Å². The second-order valence-corrected chi connectivity index (χ2v) is 11.0. The van der Waals surface area contributed by atoms with Crippen LogP contribution in [0.2, 0.25) is 0 Å². The van der Waals surface area contributed by atoms with E-state index < -0.39 is 0 Å². The SMILES string of the molecule is CN(C)C1(C23CC4CC(CC(C4)C2)C3)[C]2CC3CC(C2)CC1C3. The summed E-state index contributed by atoms with van der Waals surface area (Å²) in [5.74, 6) is 8.49. The van der Waals surface area contributed by atoms with Crippen LogP contribution < -0.4 is 0 Å². The molecular weight excluding hydrogens is 278 g/mol. The van der Waals surface area contributed by atoms with Crippen LogP contribution in [0.25, 0.3) is 0 Å². The van der Waals surface area contributed by atoms with Gasteiger partial charge in [0.2, 0.25) is 0 Å². The Bertz CT molecular complexity index is 455. The Morgan fingerprint density at radius 1 is 0.696 bits per heavy atom. The summed E-state index contributed by atoms with van der Waals surface area (Å²) in [5, 5.41) is 0. The van der Waals surface area contributed by atoms with Crippen LogP contribution in [0, 0.1) is 46.8 Å². The van der Waals surface area contributed by atoms with Gasteiger partial charge in [-0.1, -0.05) is 0 Å². The minimum atomic E-state index is 0.510. The zero-order valence-corrected chi connectivity index (χ0v) is 15.2. The zero-order chi connectivity index (χ0) is 15.4. The van der Waals surface area contributed by atoms with E-state index in [9.17, 15) is 0 Å². The number of hydrogen-bond acceptors (Lipinski definition) is 1. The first-order chi connectivity index (χ1) is 11.1. The van der Waals surface area contributed by atoms with E-state index in [0.717, 1.165) is 35.5 Å². The van der Waals surface area contributed by atoms with E-state index in [4.69, 9.17) is 0 Å². The molecule has 0 heterocycles. The fraction of sp³-hybridized carbons (Fsp3) is 0.955. The lowest BCUT2D eigenvalue weighted by Crippen LogP contribution is -2.73. The van der Waals surface area contributed by atoms with Crippen molar-refractivity contribution in [2.45, 2.75) is 76.2 Å². The third-order valence-corrected chi connectivity index (χ3v) is 9.65. The van der Waals surface area contributed by atoms with Crippen LogP contribution in [-0.2, 0) is 0 Å². The molecule has 0 aromatic carbocycles. The van der Waals surface area contributed by atoms with Crippen LogP contribution in [0.4, 0.5) is 0 Å². The van der Waals surface area contributed by atoms with Crippen LogP contribution in [0.15, 0.2) is 0 Å². The molecule has 1 radical (unpaired) electrons. The van der Waals surface area contributed by atoms with Gasteiger partial charge >= 0.3 is 0 Å². The molecular formula is C22H34N. The maximum absolute atomic E-state index is 2.79. The van der Waals surface area contributed by atoms with Gasteiger partial charge in [-0.05, 0) is 132 Å². The molecule has 8 saturated carbocycles. The van der Waals surface area contributed by atoms with Gasteiger partial charge in [-0.2, -0.15) is 0 Å². The lowest BCUT2D eigenvalue weighted by Gasteiger charge is -2.74. The Morgan fingerprint density at radius 2 is 1.17 bits per heavy atom. The summed E-state index contributed by atoms with van der Waals surface area (Å²) >= 11 is 0. The van der Waals surface area contributed by atoms with Gasteiger partial charge in [0.1, 0.15) is 0 Å². The first-order valence-corrected chi connectivity index (χ1v) is 10.6. The minimum Gasteiger partial charge on any atom is -0.302 e. The zero-order valence-electron chi connectivity index (χ0n) is 15.2. The van der Waals surface area contributed by atoms with Gasteiger partial charge in [-0.15, -0.1) is 0 Å². The lowest BCUT2D eigenvalue weighted by molar-refractivity contribution is -0.190. The van der Waals surface area contributed by atoms with Crippen LogP contribution in [-0.4, -0.2) is 24.5 Å². The van der Waals surface area contributed by atoms with Crippen molar-refractivity contribution in [2.24, 2.45) is 40.9 Å². The van der Waals surface area contributed by atoms with E-state index in [0.29, 0.717) is 11.0 Å². The fourth-order valence-corrected chi connectivity index (χ4v) is 10.2. The molecule has 0 N–H and O–H groups in total. The molecule has 23 heavy (non-hydrogen) atoms. The van der Waals surface area contributed by atoms with Crippen molar-refractivity contribution in [3.63, 3.8) is 0 Å². The summed E-state index contributed by atoms with van der Waals surface area (Å²) in [5.41, 5.74) is 1.19. The quantitative estimate of drug-likeness (QED) is 0.699. The van der Waals surface area contributed by atoms with Crippen LogP contribution in [0.5, 0.6) is 0 Å². The first kappa shape index (κ1) is 14.2. The van der Waals surface area contributed by atoms with Crippen LogP contribution in [0.1, 0.15) is 70.6 Å². The maximum atomic E-state index is 2.79. The van der Waals surface area contributed by atoms with Gasteiger partial charge in [0, 0.05) is 5.54 Å². The largest absolute Gasteiger partial charge is 0.302 e. The van der Waals surface area contributed by atoms with Gasteiger partial charge in [0.05, 0.1) is 0 Å². The highest BCUT2D eigenvalue weighted by Crippen LogP contribution is 2.73. The highest BCUT2D eigenvalue weighted by molar-refractivity contribution is 5.32. The third kappa shape index (κ3) is 1.60.